The first-order chi connectivity index (χ1) is 15.5. The summed E-state index contributed by atoms with van der Waals surface area (Å²) in [5.41, 5.74) is 2.09. The van der Waals surface area contributed by atoms with Crippen molar-refractivity contribution in [1.29, 1.82) is 0 Å². The summed E-state index contributed by atoms with van der Waals surface area (Å²) in [5.74, 6) is 2.71. The van der Waals surface area contributed by atoms with Crippen LogP contribution in [0.4, 0.5) is 17.5 Å². The third-order valence-corrected chi connectivity index (χ3v) is 10.3. The van der Waals surface area contributed by atoms with E-state index in [2.05, 4.69) is 55.3 Å². The molecule has 1 spiro atoms. The molecule has 1 aromatic carbocycles. The largest absolute Gasteiger partial charge is 0.394 e. The van der Waals surface area contributed by atoms with Crippen LogP contribution in [-0.4, -0.2) is 61.9 Å². The monoisotopic (exact) mass is 515 g/mol. The highest BCUT2D eigenvalue weighted by atomic mass is 79.9. The SMILES string of the molecule is O=S1CCc2nc(N3C4CN(c5ccc(Br)cc5)CC5CC[C@]543)nc(NC3(CO)CC3)c21. The third kappa shape index (κ3) is 2.70. The number of nitrogens with zero attached hydrogens (tertiary/aromatic N) is 4. The summed E-state index contributed by atoms with van der Waals surface area (Å²) in [6.45, 7) is 2.13. The molecule has 3 unspecified atom stereocenters. The number of aliphatic hydroxyl groups is 1. The topological polar surface area (TPSA) is 81.4 Å². The van der Waals surface area contributed by atoms with Crippen LogP contribution in [0.15, 0.2) is 33.6 Å². The van der Waals surface area contributed by atoms with Gasteiger partial charge in [-0.3, -0.25) is 4.21 Å². The van der Waals surface area contributed by atoms with Gasteiger partial charge in [0.1, 0.15) is 10.7 Å². The molecule has 32 heavy (non-hydrogen) atoms. The summed E-state index contributed by atoms with van der Waals surface area (Å²) >= 11 is 3.54. The molecule has 2 aromatic rings. The van der Waals surface area contributed by atoms with E-state index in [-0.39, 0.29) is 17.7 Å². The van der Waals surface area contributed by atoms with Crippen molar-refractivity contribution < 1.29 is 9.32 Å². The highest BCUT2D eigenvalue weighted by molar-refractivity contribution is 9.10. The Bertz CT molecular complexity index is 1140. The standard InChI is InChI=1S/C23H26BrN5O2S/c24-15-1-3-16(4-2-15)28-11-14-5-7-23(14)18(12-28)29(23)21-25-17-6-10-32(31)19(17)20(26-21)27-22(13-30)8-9-22/h1-4,14,18,30H,5-13H2,(H,25,26,27)/t14?,18?,23-,29?,32?/m0/s1. The van der Waals surface area contributed by atoms with Gasteiger partial charge < -0.3 is 20.2 Å². The molecule has 7 rings (SSSR count). The molecule has 2 aliphatic carbocycles. The van der Waals surface area contributed by atoms with E-state index in [0.29, 0.717) is 23.5 Å². The Morgan fingerprint density at radius 2 is 2.00 bits per heavy atom. The number of nitrogens with one attached hydrogen (secondary N) is 1. The van der Waals surface area contributed by atoms with Crippen molar-refractivity contribution in [3.8, 4) is 0 Å². The van der Waals surface area contributed by atoms with Gasteiger partial charge in [0.05, 0.1) is 40.2 Å². The quantitative estimate of drug-likeness (QED) is 0.592. The molecule has 1 aromatic heterocycles. The maximum Gasteiger partial charge on any atom is 0.228 e. The number of fused-ring (bicyclic) bond motifs is 1. The van der Waals surface area contributed by atoms with E-state index in [1.807, 2.05) is 0 Å². The predicted molar refractivity (Wildman–Crippen MR) is 128 cm³/mol. The predicted octanol–water partition coefficient (Wildman–Crippen LogP) is 2.70. The highest BCUT2D eigenvalue weighted by Gasteiger charge is 2.74. The number of aryl methyl sites for hydroxylation is 1. The molecular weight excluding hydrogens is 490 g/mol. The molecule has 7 nitrogen and oxygen atoms in total. The van der Waals surface area contributed by atoms with Gasteiger partial charge in [0.15, 0.2) is 0 Å². The molecule has 0 radical (unpaired) electrons. The van der Waals surface area contributed by atoms with Crippen LogP contribution in [0, 0.1) is 5.92 Å². The second-order valence-electron chi connectivity index (χ2n) is 10.0. The fourth-order valence-electron chi connectivity index (χ4n) is 6.14. The maximum atomic E-state index is 12.7. The number of anilines is 3. The van der Waals surface area contributed by atoms with Crippen LogP contribution in [0.1, 0.15) is 31.4 Å². The molecule has 3 aliphatic heterocycles. The summed E-state index contributed by atoms with van der Waals surface area (Å²) in [4.78, 5) is 15.6. The first kappa shape index (κ1) is 19.7. The molecule has 2 saturated carbocycles. The fourth-order valence-corrected chi connectivity index (χ4v) is 7.71. The van der Waals surface area contributed by atoms with Gasteiger partial charge in [-0.2, -0.15) is 4.98 Å². The van der Waals surface area contributed by atoms with Crippen LogP contribution in [-0.2, 0) is 17.2 Å². The molecule has 5 aliphatic rings. The van der Waals surface area contributed by atoms with E-state index < -0.39 is 10.8 Å². The second kappa shape index (κ2) is 6.67. The lowest BCUT2D eigenvalue weighted by Gasteiger charge is -2.44. The van der Waals surface area contributed by atoms with Crippen LogP contribution >= 0.6 is 15.9 Å². The zero-order valence-corrected chi connectivity index (χ0v) is 20.2. The van der Waals surface area contributed by atoms with Crippen molar-refractivity contribution in [2.75, 3.05) is 40.6 Å². The number of piperidine rings is 1. The van der Waals surface area contributed by atoms with Gasteiger partial charge in [0.25, 0.3) is 0 Å². The van der Waals surface area contributed by atoms with Crippen LogP contribution in [0.25, 0.3) is 0 Å². The lowest BCUT2D eigenvalue weighted by atomic mass is 9.68. The van der Waals surface area contributed by atoms with Crippen molar-refractivity contribution >= 4 is 44.2 Å². The molecule has 9 heteroatoms. The molecule has 4 atom stereocenters. The minimum atomic E-state index is -1.06. The molecule has 0 amide bonds. The number of hydrogen-bond donors (Lipinski definition) is 2. The Kier molecular flexibility index (Phi) is 4.11. The maximum absolute atomic E-state index is 12.7. The number of hydrogen-bond acceptors (Lipinski definition) is 7. The van der Waals surface area contributed by atoms with Crippen molar-refractivity contribution in [2.45, 2.75) is 54.1 Å². The molecule has 2 saturated heterocycles. The van der Waals surface area contributed by atoms with Gasteiger partial charge in [-0.1, -0.05) is 15.9 Å². The average molecular weight is 516 g/mol. The lowest BCUT2D eigenvalue weighted by molar-refractivity contribution is 0.207. The minimum Gasteiger partial charge on any atom is -0.394 e. The van der Waals surface area contributed by atoms with Crippen molar-refractivity contribution in [1.82, 2.24) is 9.97 Å². The third-order valence-electron chi connectivity index (χ3n) is 8.33. The highest BCUT2D eigenvalue weighted by Crippen LogP contribution is 2.63. The Balaban J connectivity index is 1.22. The Morgan fingerprint density at radius 1 is 1.19 bits per heavy atom. The zero-order valence-electron chi connectivity index (χ0n) is 17.8. The van der Waals surface area contributed by atoms with Gasteiger partial charge >= 0.3 is 0 Å². The first-order valence-electron chi connectivity index (χ1n) is 11.5. The smallest absolute Gasteiger partial charge is 0.228 e. The molecule has 0 bridgehead atoms. The summed E-state index contributed by atoms with van der Waals surface area (Å²) in [6.07, 6.45) is 5.02. The van der Waals surface area contributed by atoms with E-state index in [1.54, 1.807) is 0 Å². The number of benzene rings is 1. The number of aromatic nitrogens is 2. The Labute approximate surface area is 198 Å². The number of aliphatic hydroxyl groups excluding tert-OH is 1. The molecular formula is C23H26BrN5O2S. The molecule has 2 N–H and O–H groups in total. The van der Waals surface area contributed by atoms with Crippen LogP contribution in [0.3, 0.4) is 0 Å². The van der Waals surface area contributed by atoms with E-state index in [4.69, 9.17) is 9.97 Å². The van der Waals surface area contributed by atoms with E-state index in [9.17, 15) is 9.32 Å². The van der Waals surface area contributed by atoms with E-state index in [1.165, 1.54) is 18.5 Å². The summed E-state index contributed by atoms with van der Waals surface area (Å²) < 4.78 is 13.8. The van der Waals surface area contributed by atoms with E-state index >= 15 is 0 Å². The molecule has 168 valence electrons. The average Bonchev–Trinajstić information content (AvgIpc) is 3.66. The van der Waals surface area contributed by atoms with Crippen LogP contribution in [0.2, 0.25) is 0 Å². The Morgan fingerprint density at radius 3 is 2.69 bits per heavy atom. The zero-order chi connectivity index (χ0) is 21.7. The van der Waals surface area contributed by atoms with Crippen molar-refractivity contribution in [3.63, 3.8) is 0 Å². The number of rotatable bonds is 5. The van der Waals surface area contributed by atoms with Crippen LogP contribution < -0.4 is 15.1 Å². The Hall–Kier alpha value is -1.71. The van der Waals surface area contributed by atoms with Crippen molar-refractivity contribution in [2.24, 2.45) is 5.92 Å². The fraction of sp³-hybridized carbons (Fsp3) is 0.565. The summed E-state index contributed by atoms with van der Waals surface area (Å²) in [5, 5.41) is 13.3. The minimum absolute atomic E-state index is 0.0776. The summed E-state index contributed by atoms with van der Waals surface area (Å²) in [7, 11) is -1.06. The second-order valence-corrected chi connectivity index (χ2v) is 12.4. The molecule has 4 fully saturated rings. The molecule has 4 heterocycles. The first-order valence-corrected chi connectivity index (χ1v) is 13.6. The van der Waals surface area contributed by atoms with Gasteiger partial charge in [0, 0.05) is 41.3 Å². The van der Waals surface area contributed by atoms with Crippen LogP contribution in [0.5, 0.6) is 0 Å². The summed E-state index contributed by atoms with van der Waals surface area (Å²) in [6, 6.07) is 9.02. The lowest BCUT2D eigenvalue weighted by Crippen LogP contribution is -2.52. The van der Waals surface area contributed by atoms with Gasteiger partial charge in [-0.05, 0) is 49.9 Å². The normalized spacial score (nSPS) is 33.1. The number of halogens is 1. The van der Waals surface area contributed by atoms with Gasteiger partial charge in [0.2, 0.25) is 5.95 Å². The van der Waals surface area contributed by atoms with Gasteiger partial charge in [-0.15, -0.1) is 0 Å². The van der Waals surface area contributed by atoms with Crippen molar-refractivity contribution in [3.05, 3.63) is 34.4 Å². The van der Waals surface area contributed by atoms with Gasteiger partial charge in [-0.25, -0.2) is 4.98 Å². The van der Waals surface area contributed by atoms with E-state index in [0.717, 1.165) is 53.4 Å².